The van der Waals surface area contributed by atoms with Gasteiger partial charge < -0.3 is 16.8 Å². The van der Waals surface area contributed by atoms with Crippen molar-refractivity contribution in [1.29, 1.82) is 0 Å². The Morgan fingerprint density at radius 2 is 1.47 bits per heavy atom. The summed E-state index contributed by atoms with van der Waals surface area (Å²) in [4.78, 5) is 23.0. The van der Waals surface area contributed by atoms with Crippen LogP contribution in [0, 0.1) is 5.41 Å². The first-order chi connectivity index (χ1) is 16.1. The minimum Gasteiger partial charge on any atom is -0.366 e. The lowest BCUT2D eigenvalue weighted by Gasteiger charge is -2.34. The lowest BCUT2D eigenvalue weighted by atomic mass is 9.75. The zero-order valence-corrected chi connectivity index (χ0v) is 22.0. The highest BCUT2D eigenvalue weighted by atomic mass is 79.9. The molecule has 0 aliphatic heterocycles. The molecule has 2 aromatic carbocycles. The van der Waals surface area contributed by atoms with Gasteiger partial charge in [-0.1, -0.05) is 41.9 Å². The van der Waals surface area contributed by atoms with E-state index in [0.717, 1.165) is 16.6 Å². The predicted molar refractivity (Wildman–Crippen MR) is 144 cm³/mol. The maximum Gasteiger partial charge on any atom is 0.248 e. The molecule has 0 radical (unpaired) electrons. The first-order valence-electron chi connectivity index (χ1n) is 11.4. The van der Waals surface area contributed by atoms with Crippen molar-refractivity contribution in [2.24, 2.45) is 16.9 Å². The molecule has 1 fully saturated rings. The molecule has 0 bridgehead atoms. The summed E-state index contributed by atoms with van der Waals surface area (Å²) in [5, 5.41) is 5.89. The molecule has 5 N–H and O–H groups in total. The van der Waals surface area contributed by atoms with E-state index in [9.17, 15) is 9.59 Å². The van der Waals surface area contributed by atoms with Gasteiger partial charge in [-0.3, -0.25) is 9.59 Å². The number of halogens is 1. The van der Waals surface area contributed by atoms with E-state index >= 15 is 0 Å². The van der Waals surface area contributed by atoms with Gasteiger partial charge in [0.15, 0.2) is 0 Å². The molecule has 1 aliphatic rings. The highest BCUT2D eigenvalue weighted by molar-refractivity contribution is 9.10. The van der Waals surface area contributed by atoms with Gasteiger partial charge in [0.05, 0.1) is 0 Å². The summed E-state index contributed by atoms with van der Waals surface area (Å²) in [7, 11) is 0. The molecule has 0 atom stereocenters. The molecule has 1 aliphatic carbocycles. The number of nitrogens with one attached hydrogen (secondary N) is 1. The van der Waals surface area contributed by atoms with E-state index in [1.54, 1.807) is 47.7 Å². The summed E-state index contributed by atoms with van der Waals surface area (Å²) in [5.74, 6) is -0.778. The topological polar surface area (TPSA) is 98.2 Å². The molecule has 7 heteroatoms. The molecule has 3 aromatic rings. The summed E-state index contributed by atoms with van der Waals surface area (Å²) in [6, 6.07) is 17.3. The van der Waals surface area contributed by atoms with Gasteiger partial charge in [-0.2, -0.15) is 0 Å². The Bertz CT molecular complexity index is 1100. The Morgan fingerprint density at radius 1 is 0.941 bits per heavy atom. The first-order valence-corrected chi connectivity index (χ1v) is 13.1. The van der Waals surface area contributed by atoms with Gasteiger partial charge in [0.25, 0.3) is 0 Å². The molecule has 34 heavy (non-hydrogen) atoms. The highest BCUT2D eigenvalue weighted by Gasteiger charge is 2.26. The molecular formula is C27H32BrN3O2S. The zero-order chi connectivity index (χ0) is 24.7. The number of benzene rings is 2. The zero-order valence-electron chi connectivity index (χ0n) is 19.6. The summed E-state index contributed by atoms with van der Waals surface area (Å²) in [6.07, 6.45) is 5.18. The fourth-order valence-corrected chi connectivity index (χ4v) is 5.02. The van der Waals surface area contributed by atoms with E-state index in [-0.39, 0.29) is 5.91 Å². The number of hydrogen-bond donors (Lipinski definition) is 3. The molecule has 180 valence electrons. The smallest absolute Gasteiger partial charge is 0.248 e. The summed E-state index contributed by atoms with van der Waals surface area (Å²) < 4.78 is 0.942. The number of primary amides is 2. The monoisotopic (exact) mass is 541 g/mol. The van der Waals surface area contributed by atoms with Crippen molar-refractivity contribution in [3.05, 3.63) is 80.5 Å². The molecule has 1 heterocycles. The molecule has 0 saturated heterocycles. The minimum atomic E-state index is -0.396. The van der Waals surface area contributed by atoms with Gasteiger partial charge in [-0.05, 0) is 90.1 Å². The van der Waals surface area contributed by atoms with E-state index in [1.807, 2.05) is 12.1 Å². The standard InChI is InChI=1S/C20H26N2OS.C7H6BrNO/c1-20(2)9-7-17(8-10-20)22-12-18-11-16(13-24-18)14-3-5-15(6-4-14)19(21)23;8-6-3-1-5(2-4-6)7(9)10/h3-6,11,13,17,22H,7-10,12H2,1-2H3,(H2,21,23);1-4H,(H2,9,10). The quantitative estimate of drug-likeness (QED) is 0.350. The van der Waals surface area contributed by atoms with Crippen molar-refractivity contribution in [1.82, 2.24) is 5.32 Å². The average Bonchev–Trinajstić information content (AvgIpc) is 3.28. The summed E-state index contributed by atoms with van der Waals surface area (Å²) >= 11 is 5.03. The number of amides is 2. The van der Waals surface area contributed by atoms with Crippen molar-refractivity contribution in [3.8, 4) is 11.1 Å². The third-order valence-electron chi connectivity index (χ3n) is 6.19. The van der Waals surface area contributed by atoms with Crippen molar-refractivity contribution < 1.29 is 9.59 Å². The molecule has 1 aromatic heterocycles. The lowest BCUT2D eigenvalue weighted by molar-refractivity contribution is 0.0992. The fraction of sp³-hybridized carbons (Fsp3) is 0.333. The minimum absolute atomic E-state index is 0.382. The van der Waals surface area contributed by atoms with Crippen LogP contribution >= 0.6 is 27.3 Å². The van der Waals surface area contributed by atoms with E-state index in [0.29, 0.717) is 22.6 Å². The molecule has 0 spiro atoms. The maximum atomic E-state index is 11.1. The van der Waals surface area contributed by atoms with E-state index in [2.05, 4.69) is 46.5 Å². The van der Waals surface area contributed by atoms with Gasteiger partial charge in [0, 0.05) is 33.1 Å². The molecule has 0 unspecified atom stereocenters. The van der Waals surface area contributed by atoms with Crippen LogP contribution in [0.5, 0.6) is 0 Å². The Labute approximate surface area is 214 Å². The number of rotatable bonds is 6. The largest absolute Gasteiger partial charge is 0.366 e. The second kappa shape index (κ2) is 11.8. The number of carbonyl (C=O) groups excluding carboxylic acids is 2. The number of hydrogen-bond acceptors (Lipinski definition) is 4. The lowest BCUT2D eigenvalue weighted by Crippen LogP contribution is -2.34. The summed E-state index contributed by atoms with van der Waals surface area (Å²) in [5.41, 5.74) is 14.2. The van der Waals surface area contributed by atoms with Crippen LogP contribution in [0.3, 0.4) is 0 Å². The van der Waals surface area contributed by atoms with Crippen LogP contribution in [0.2, 0.25) is 0 Å². The first kappa shape index (κ1) is 26.1. The Balaban J connectivity index is 0.000000271. The normalized spacial score (nSPS) is 15.3. The summed E-state index contributed by atoms with van der Waals surface area (Å²) in [6.45, 7) is 5.69. The van der Waals surface area contributed by atoms with Gasteiger partial charge in [-0.15, -0.1) is 11.3 Å². The third-order valence-corrected chi connectivity index (χ3v) is 7.65. The third kappa shape index (κ3) is 7.79. The predicted octanol–water partition coefficient (Wildman–Crippen LogP) is 6.12. The average molecular weight is 543 g/mol. The van der Waals surface area contributed by atoms with Crippen LogP contribution in [0.1, 0.15) is 65.1 Å². The second-order valence-corrected chi connectivity index (χ2v) is 11.3. The number of carbonyl (C=O) groups is 2. The van der Waals surface area contributed by atoms with Crippen LogP contribution < -0.4 is 16.8 Å². The van der Waals surface area contributed by atoms with E-state index in [4.69, 9.17) is 11.5 Å². The van der Waals surface area contributed by atoms with Crippen molar-refractivity contribution in [3.63, 3.8) is 0 Å². The second-order valence-electron chi connectivity index (χ2n) is 9.43. The molecule has 1 saturated carbocycles. The Morgan fingerprint density at radius 3 is 2.00 bits per heavy atom. The van der Waals surface area contributed by atoms with Crippen molar-refractivity contribution >= 4 is 39.1 Å². The van der Waals surface area contributed by atoms with Gasteiger partial charge in [0.1, 0.15) is 0 Å². The van der Waals surface area contributed by atoms with Crippen LogP contribution in [0.4, 0.5) is 0 Å². The van der Waals surface area contributed by atoms with Crippen LogP contribution in [-0.2, 0) is 6.54 Å². The van der Waals surface area contributed by atoms with Crippen LogP contribution in [0.15, 0.2) is 64.5 Å². The van der Waals surface area contributed by atoms with Crippen LogP contribution in [-0.4, -0.2) is 17.9 Å². The molecule has 2 amide bonds. The van der Waals surface area contributed by atoms with E-state index < -0.39 is 5.91 Å². The van der Waals surface area contributed by atoms with Crippen molar-refractivity contribution in [2.75, 3.05) is 0 Å². The molecule has 5 nitrogen and oxygen atoms in total. The maximum absolute atomic E-state index is 11.1. The molecular weight excluding hydrogens is 510 g/mol. The number of thiophene rings is 1. The van der Waals surface area contributed by atoms with Gasteiger partial charge >= 0.3 is 0 Å². The Hall–Kier alpha value is -2.48. The van der Waals surface area contributed by atoms with Gasteiger partial charge in [0.2, 0.25) is 11.8 Å². The fourth-order valence-electron chi connectivity index (χ4n) is 3.91. The van der Waals surface area contributed by atoms with E-state index in [1.165, 1.54) is 36.1 Å². The molecule has 4 rings (SSSR count). The highest BCUT2D eigenvalue weighted by Crippen LogP contribution is 2.35. The van der Waals surface area contributed by atoms with Crippen LogP contribution in [0.25, 0.3) is 11.1 Å². The Kier molecular flexibility index (Phi) is 9.05. The van der Waals surface area contributed by atoms with Crippen molar-refractivity contribution in [2.45, 2.75) is 52.1 Å². The van der Waals surface area contributed by atoms with Gasteiger partial charge in [-0.25, -0.2) is 0 Å². The SMILES string of the molecule is CC1(C)CCC(NCc2cc(-c3ccc(C(N)=O)cc3)cs2)CC1.NC(=O)c1ccc(Br)cc1. The number of nitrogens with two attached hydrogens (primary N) is 2.